The van der Waals surface area contributed by atoms with Gasteiger partial charge in [0.05, 0.1) is 0 Å². The van der Waals surface area contributed by atoms with Gasteiger partial charge >= 0.3 is 19.5 Å². The Kier molecular flexibility index (Phi) is 18.5. The Morgan fingerprint density at radius 3 is 0.553 bits per heavy atom. The molecule has 7 heteroatoms. The van der Waals surface area contributed by atoms with Gasteiger partial charge in [0, 0.05) is 11.9 Å². The molecule has 0 atom stereocenters. The predicted molar refractivity (Wildman–Crippen MR) is 192 cm³/mol. The average Bonchev–Trinajstić information content (AvgIpc) is 3.08. The topological polar surface area (TPSA) is 80.3 Å². The number of carboxylic acid groups (broad SMARTS) is 2. The number of hydrogen-bond donors (Lipinski definition) is 0. The van der Waals surface area contributed by atoms with E-state index in [4.69, 9.17) is 19.8 Å². The summed E-state index contributed by atoms with van der Waals surface area (Å²) in [5.74, 6) is -2.17. The molecule has 4 nitrogen and oxygen atoms in total. The maximum atomic E-state index is 8.89. The summed E-state index contributed by atoms with van der Waals surface area (Å²) >= 11 is 0. The first-order valence-corrected chi connectivity index (χ1v) is 17.3. The summed E-state index contributed by atoms with van der Waals surface area (Å²) in [5, 5.41) is 26.2. The summed E-state index contributed by atoms with van der Waals surface area (Å²) in [6.07, 6.45) is 0. The predicted octanol–water partition coefficient (Wildman–Crippen LogP) is 4.40. The summed E-state index contributed by atoms with van der Waals surface area (Å²) in [6.45, 7) is 1.94. The molecule has 0 amide bonds. The van der Waals surface area contributed by atoms with Gasteiger partial charge in [-0.1, -0.05) is 182 Å². The van der Waals surface area contributed by atoms with Gasteiger partial charge in [-0.15, -0.1) is 0 Å². The van der Waals surface area contributed by atoms with Gasteiger partial charge in [0.1, 0.15) is 0 Å². The molecule has 0 aromatic heterocycles. The Bertz CT molecular complexity index is 1370. The molecule has 0 saturated carbocycles. The minimum absolute atomic E-state index is 0. The SMILES string of the molecule is CC(=O)[O-].CC(=O)[O-].[Ru+2].c1ccc(P(c2ccccc2)c2ccccc2)cc1.c1ccc(P(c2ccccc2)c2ccccc2)cc1. The number of carbonyl (C=O) groups excluding carboxylic acids is 2. The van der Waals surface area contributed by atoms with Crippen molar-refractivity contribution in [3.05, 3.63) is 182 Å². The van der Waals surface area contributed by atoms with Gasteiger partial charge in [0.15, 0.2) is 0 Å². The number of carboxylic acids is 2. The van der Waals surface area contributed by atoms with Crippen molar-refractivity contribution in [1.29, 1.82) is 0 Å². The maximum absolute atomic E-state index is 8.89. The molecule has 6 aromatic rings. The maximum Gasteiger partial charge on any atom is 2.00 e. The Balaban J connectivity index is 0.000000262. The quantitative estimate of drug-likeness (QED) is 0.187. The van der Waals surface area contributed by atoms with Crippen molar-refractivity contribution < 1.29 is 39.3 Å². The molecule has 0 bridgehead atoms. The van der Waals surface area contributed by atoms with Crippen molar-refractivity contribution >= 4 is 59.6 Å². The van der Waals surface area contributed by atoms with E-state index in [-0.39, 0.29) is 19.5 Å². The van der Waals surface area contributed by atoms with Crippen LogP contribution < -0.4 is 42.0 Å². The first kappa shape index (κ1) is 38.9. The molecular weight excluding hydrogens is 707 g/mol. The summed E-state index contributed by atoms with van der Waals surface area (Å²) in [6, 6.07) is 64.7. The second-order valence-electron chi connectivity index (χ2n) is 9.67. The first-order chi connectivity index (χ1) is 22.4. The van der Waals surface area contributed by atoms with Gasteiger partial charge in [0.2, 0.25) is 0 Å². The third-order valence-corrected chi connectivity index (χ3v) is 11.0. The molecule has 47 heavy (non-hydrogen) atoms. The summed E-state index contributed by atoms with van der Waals surface area (Å²) in [5.41, 5.74) is 0. The van der Waals surface area contributed by atoms with Crippen molar-refractivity contribution in [2.45, 2.75) is 13.8 Å². The van der Waals surface area contributed by atoms with E-state index in [9.17, 15) is 0 Å². The average molecular weight is 744 g/mol. The van der Waals surface area contributed by atoms with Crippen LogP contribution >= 0.6 is 15.8 Å². The van der Waals surface area contributed by atoms with Crippen LogP contribution in [0.25, 0.3) is 0 Å². The van der Waals surface area contributed by atoms with Crippen LogP contribution in [0, 0.1) is 0 Å². The fourth-order valence-corrected chi connectivity index (χ4v) is 8.97. The minimum atomic E-state index is -1.08. The van der Waals surface area contributed by atoms with Gasteiger partial charge in [-0.25, -0.2) is 0 Å². The van der Waals surface area contributed by atoms with E-state index in [1.165, 1.54) is 31.8 Å². The van der Waals surface area contributed by atoms with Gasteiger partial charge in [0.25, 0.3) is 0 Å². The molecular formula is C40H36O4P2Ru. The van der Waals surface area contributed by atoms with E-state index in [2.05, 4.69) is 182 Å². The molecule has 0 unspecified atom stereocenters. The second kappa shape index (κ2) is 22.3. The number of carbonyl (C=O) groups is 2. The minimum Gasteiger partial charge on any atom is -0.550 e. The molecule has 0 aliphatic carbocycles. The third kappa shape index (κ3) is 14.4. The zero-order valence-corrected chi connectivity index (χ0v) is 29.7. The number of rotatable bonds is 6. The second-order valence-corrected chi connectivity index (χ2v) is 14.1. The van der Waals surface area contributed by atoms with E-state index in [1.807, 2.05) is 0 Å². The van der Waals surface area contributed by atoms with Gasteiger partial charge in [-0.2, -0.15) is 0 Å². The Morgan fingerprint density at radius 2 is 0.447 bits per heavy atom. The molecule has 0 N–H and O–H groups in total. The van der Waals surface area contributed by atoms with Crippen molar-refractivity contribution in [3.8, 4) is 0 Å². The molecule has 6 rings (SSSR count). The summed E-state index contributed by atoms with van der Waals surface area (Å²) in [7, 11) is -0.892. The van der Waals surface area contributed by atoms with Gasteiger partial charge in [-0.05, 0) is 61.5 Å². The van der Waals surface area contributed by atoms with Gasteiger partial charge in [-0.3, -0.25) is 0 Å². The van der Waals surface area contributed by atoms with Gasteiger partial charge < -0.3 is 19.8 Å². The van der Waals surface area contributed by atoms with Crippen LogP contribution in [0.15, 0.2) is 182 Å². The van der Waals surface area contributed by atoms with Crippen LogP contribution in [-0.2, 0) is 29.1 Å². The summed E-state index contributed by atoms with van der Waals surface area (Å²) < 4.78 is 0. The van der Waals surface area contributed by atoms with Crippen LogP contribution in [-0.4, -0.2) is 11.9 Å². The van der Waals surface area contributed by atoms with Crippen LogP contribution in [0.1, 0.15) is 13.8 Å². The van der Waals surface area contributed by atoms with E-state index in [1.54, 1.807) is 0 Å². The molecule has 6 aromatic carbocycles. The number of benzene rings is 6. The third-order valence-electron chi connectivity index (χ3n) is 6.09. The molecule has 0 fully saturated rings. The molecule has 238 valence electrons. The molecule has 0 saturated heterocycles. The molecule has 0 spiro atoms. The molecule has 0 aliphatic rings. The number of aliphatic carboxylic acids is 2. The van der Waals surface area contributed by atoms with Crippen LogP contribution in [0.2, 0.25) is 0 Å². The largest absolute Gasteiger partial charge is 2.00 e. The number of hydrogen-bond acceptors (Lipinski definition) is 4. The Hall–Kier alpha value is -4.26. The van der Waals surface area contributed by atoms with Crippen molar-refractivity contribution in [3.63, 3.8) is 0 Å². The summed E-state index contributed by atoms with van der Waals surface area (Å²) in [4.78, 5) is 17.8. The van der Waals surface area contributed by atoms with Crippen LogP contribution in [0.4, 0.5) is 0 Å². The molecule has 0 aliphatic heterocycles. The Morgan fingerprint density at radius 1 is 0.340 bits per heavy atom. The monoisotopic (exact) mass is 744 g/mol. The normalized spacial score (nSPS) is 9.62. The van der Waals surface area contributed by atoms with E-state index < -0.39 is 27.8 Å². The van der Waals surface area contributed by atoms with E-state index >= 15 is 0 Å². The fraction of sp³-hybridized carbons (Fsp3) is 0.0500. The van der Waals surface area contributed by atoms with E-state index in [0.29, 0.717) is 0 Å². The molecule has 0 radical (unpaired) electrons. The molecule has 0 heterocycles. The van der Waals surface area contributed by atoms with Crippen molar-refractivity contribution in [2.75, 3.05) is 0 Å². The van der Waals surface area contributed by atoms with Crippen LogP contribution in [0.3, 0.4) is 0 Å². The van der Waals surface area contributed by atoms with Crippen molar-refractivity contribution in [2.24, 2.45) is 0 Å². The zero-order valence-electron chi connectivity index (χ0n) is 26.2. The fourth-order valence-electron chi connectivity index (χ4n) is 4.36. The zero-order chi connectivity index (χ0) is 33.0. The smallest absolute Gasteiger partial charge is 0.550 e. The first-order valence-electron chi connectivity index (χ1n) is 14.6. The van der Waals surface area contributed by atoms with Crippen LogP contribution in [0.5, 0.6) is 0 Å². The van der Waals surface area contributed by atoms with Crippen molar-refractivity contribution in [1.82, 2.24) is 0 Å². The van der Waals surface area contributed by atoms with E-state index in [0.717, 1.165) is 13.8 Å². The Labute approximate surface area is 293 Å². The standard InChI is InChI=1S/2C18H15P.2C2H4O2.Ru/c2*1-4-10-16(11-5-1)19(17-12-6-2-7-13-17)18-14-8-3-9-15-18;2*1-2(3)4;/h2*1-15H;2*1H3,(H,3,4);/q;;;;+2/p-2.